The second-order valence-corrected chi connectivity index (χ2v) is 8.20. The van der Waals surface area contributed by atoms with Gasteiger partial charge in [-0.15, -0.1) is 0 Å². The van der Waals surface area contributed by atoms with E-state index in [0.717, 1.165) is 6.07 Å². The highest BCUT2D eigenvalue weighted by Crippen LogP contribution is 2.39. The molecule has 1 heterocycles. The van der Waals surface area contributed by atoms with Gasteiger partial charge in [-0.1, -0.05) is 30.3 Å². The Labute approximate surface area is 189 Å². The summed E-state index contributed by atoms with van der Waals surface area (Å²) in [5, 5.41) is 2.64. The van der Waals surface area contributed by atoms with Crippen LogP contribution in [0, 0.1) is 6.92 Å². The summed E-state index contributed by atoms with van der Waals surface area (Å²) in [7, 11) is 0. The Morgan fingerprint density at radius 2 is 1.76 bits per heavy atom. The lowest BCUT2D eigenvalue weighted by molar-refractivity contribution is -0.137. The van der Waals surface area contributed by atoms with Crippen molar-refractivity contribution in [3.05, 3.63) is 77.0 Å². The first kappa shape index (κ1) is 24.2. The van der Waals surface area contributed by atoms with E-state index in [-0.39, 0.29) is 28.1 Å². The summed E-state index contributed by atoms with van der Waals surface area (Å²) in [4.78, 5) is 24.5. The number of nitrogens with one attached hydrogen (secondary N) is 1. The fraction of sp³-hybridized carbons (Fsp3) is 0.182. The molecule has 0 saturated heterocycles. The molecular weight excluding hydrogens is 459 g/mol. The Balaban J connectivity index is 2.01. The smallest absolute Gasteiger partial charge is 0.368 e. The summed E-state index contributed by atoms with van der Waals surface area (Å²) >= 11 is -2.01. The Morgan fingerprint density at radius 3 is 2.33 bits per heavy atom. The quantitative estimate of drug-likeness (QED) is 0.445. The molecule has 0 aliphatic carbocycles. The van der Waals surface area contributed by atoms with E-state index < -0.39 is 41.2 Å². The van der Waals surface area contributed by atoms with Crippen LogP contribution in [0.4, 0.5) is 18.9 Å². The number of primary amides is 1. The highest BCUT2D eigenvalue weighted by Gasteiger charge is 2.35. The summed E-state index contributed by atoms with van der Waals surface area (Å²) in [6.45, 7) is 1.08. The van der Waals surface area contributed by atoms with Crippen LogP contribution < -0.4 is 11.1 Å². The van der Waals surface area contributed by atoms with E-state index in [0.29, 0.717) is 11.3 Å². The van der Waals surface area contributed by atoms with E-state index in [1.807, 2.05) is 0 Å². The molecule has 0 radical (unpaired) electrons. The molecular formula is C22H20F3N3O4S. The number of hydrogen-bond donors (Lipinski definition) is 3. The van der Waals surface area contributed by atoms with Gasteiger partial charge >= 0.3 is 6.18 Å². The molecule has 0 fully saturated rings. The first-order valence-corrected chi connectivity index (χ1v) is 10.9. The third-order valence-electron chi connectivity index (χ3n) is 4.89. The average molecular weight is 479 g/mol. The third-order valence-corrected chi connectivity index (χ3v) is 5.47. The van der Waals surface area contributed by atoms with Gasteiger partial charge < -0.3 is 20.2 Å². The van der Waals surface area contributed by atoms with Gasteiger partial charge in [-0.05, 0) is 36.2 Å². The molecule has 0 aliphatic rings. The molecule has 0 saturated carbocycles. The average Bonchev–Trinajstić information content (AvgIpc) is 3.03. The number of halogens is 3. The molecule has 7 nitrogen and oxygen atoms in total. The van der Waals surface area contributed by atoms with Crippen LogP contribution in [-0.4, -0.2) is 25.1 Å². The van der Waals surface area contributed by atoms with Crippen LogP contribution in [0.2, 0.25) is 0 Å². The molecule has 1 atom stereocenters. The SMILES string of the molecule is Cc1c(C(=O)Nc2ccc(CS(=O)O)cc2)cn(CC(N)=O)c1-c1ccccc1C(F)(F)F. The van der Waals surface area contributed by atoms with Crippen molar-refractivity contribution in [3.63, 3.8) is 0 Å². The van der Waals surface area contributed by atoms with E-state index in [4.69, 9.17) is 10.3 Å². The molecule has 3 aromatic rings. The molecule has 174 valence electrons. The number of carbonyl (C=O) groups is 2. The largest absolute Gasteiger partial charge is 0.417 e. The maximum absolute atomic E-state index is 13.6. The lowest BCUT2D eigenvalue weighted by atomic mass is 10.00. The molecule has 11 heteroatoms. The number of nitrogens with two attached hydrogens (primary N) is 1. The van der Waals surface area contributed by atoms with Crippen LogP contribution in [0.3, 0.4) is 0 Å². The molecule has 1 aromatic heterocycles. The van der Waals surface area contributed by atoms with Crippen LogP contribution >= 0.6 is 0 Å². The van der Waals surface area contributed by atoms with Gasteiger partial charge in [0.05, 0.1) is 22.6 Å². The predicted molar refractivity (Wildman–Crippen MR) is 118 cm³/mol. The van der Waals surface area contributed by atoms with E-state index in [1.165, 1.54) is 48.0 Å². The van der Waals surface area contributed by atoms with Gasteiger partial charge in [0.2, 0.25) is 5.91 Å². The Bertz CT molecular complexity index is 1220. The molecule has 0 bridgehead atoms. The van der Waals surface area contributed by atoms with Gasteiger partial charge in [-0.25, -0.2) is 4.21 Å². The summed E-state index contributed by atoms with van der Waals surface area (Å²) < 4.78 is 61.9. The minimum atomic E-state index is -4.65. The minimum Gasteiger partial charge on any atom is -0.368 e. The molecule has 1 unspecified atom stereocenters. The number of benzene rings is 2. The Kier molecular flexibility index (Phi) is 7.04. The van der Waals surface area contributed by atoms with Crippen molar-refractivity contribution in [2.75, 3.05) is 5.32 Å². The van der Waals surface area contributed by atoms with E-state index in [1.54, 1.807) is 12.1 Å². The zero-order valence-electron chi connectivity index (χ0n) is 17.3. The standard InChI is InChI=1S/C22H20F3N3O4S/c1-13-17(21(30)27-15-8-6-14(7-9-15)12-33(31)32)10-28(11-19(26)29)20(13)16-4-2-3-5-18(16)22(23,24)25/h2-10H,11-12H2,1H3,(H2,26,29)(H,27,30)(H,31,32). The normalized spacial score (nSPS) is 12.4. The van der Waals surface area contributed by atoms with Gasteiger partial charge in [-0.3, -0.25) is 9.59 Å². The van der Waals surface area contributed by atoms with Crippen LogP contribution in [0.25, 0.3) is 11.3 Å². The van der Waals surface area contributed by atoms with E-state index in [9.17, 15) is 27.0 Å². The Morgan fingerprint density at radius 1 is 1.12 bits per heavy atom. The summed E-state index contributed by atoms with van der Waals surface area (Å²) in [5.41, 5.74) is 5.55. The van der Waals surface area contributed by atoms with Gasteiger partial charge in [-0.2, -0.15) is 13.2 Å². The fourth-order valence-corrected chi connectivity index (χ4v) is 3.98. The molecule has 4 N–H and O–H groups in total. The van der Waals surface area contributed by atoms with Crippen molar-refractivity contribution in [1.29, 1.82) is 0 Å². The molecule has 0 spiro atoms. The van der Waals surface area contributed by atoms with Crippen LogP contribution in [-0.2, 0) is 34.3 Å². The second kappa shape index (κ2) is 9.59. The highest BCUT2D eigenvalue weighted by molar-refractivity contribution is 7.78. The molecule has 33 heavy (non-hydrogen) atoms. The lowest BCUT2D eigenvalue weighted by Gasteiger charge is -2.15. The maximum atomic E-state index is 13.6. The number of rotatable bonds is 7. The topological polar surface area (TPSA) is 114 Å². The zero-order valence-corrected chi connectivity index (χ0v) is 18.2. The zero-order chi connectivity index (χ0) is 24.3. The van der Waals surface area contributed by atoms with Crippen molar-refractivity contribution in [2.24, 2.45) is 5.73 Å². The lowest BCUT2D eigenvalue weighted by Crippen LogP contribution is -2.19. The molecule has 3 rings (SSSR count). The number of amides is 2. The monoisotopic (exact) mass is 479 g/mol. The first-order chi connectivity index (χ1) is 15.5. The molecule has 0 aliphatic heterocycles. The third kappa shape index (κ3) is 5.68. The number of alkyl halides is 3. The summed E-state index contributed by atoms with van der Waals surface area (Å²) in [5.74, 6) is -1.44. The fourth-order valence-electron chi connectivity index (χ4n) is 3.50. The minimum absolute atomic E-state index is 0.0626. The van der Waals surface area contributed by atoms with Gasteiger partial charge in [0.15, 0.2) is 11.1 Å². The van der Waals surface area contributed by atoms with Gasteiger partial charge in [0.25, 0.3) is 5.91 Å². The summed E-state index contributed by atoms with van der Waals surface area (Å²) in [6, 6.07) is 11.1. The number of aromatic nitrogens is 1. The predicted octanol–water partition coefficient (Wildman–Crippen LogP) is 3.94. The van der Waals surface area contributed by atoms with Gasteiger partial charge in [0.1, 0.15) is 6.54 Å². The molecule has 2 aromatic carbocycles. The number of nitrogens with zero attached hydrogens (tertiary/aromatic N) is 1. The van der Waals surface area contributed by atoms with Crippen LogP contribution in [0.15, 0.2) is 54.7 Å². The summed E-state index contributed by atoms with van der Waals surface area (Å²) in [6.07, 6.45) is -3.35. The number of hydrogen-bond acceptors (Lipinski definition) is 3. The van der Waals surface area contributed by atoms with Crippen molar-refractivity contribution in [2.45, 2.75) is 25.4 Å². The number of carbonyl (C=O) groups excluding carboxylic acids is 2. The Hall–Kier alpha value is -3.44. The van der Waals surface area contributed by atoms with Crippen molar-refractivity contribution >= 4 is 28.6 Å². The van der Waals surface area contributed by atoms with Crippen molar-refractivity contribution in [1.82, 2.24) is 4.57 Å². The number of anilines is 1. The van der Waals surface area contributed by atoms with Crippen molar-refractivity contribution in [3.8, 4) is 11.3 Å². The van der Waals surface area contributed by atoms with Crippen LogP contribution in [0.5, 0.6) is 0 Å². The second-order valence-electron chi connectivity index (χ2n) is 7.27. The first-order valence-electron chi connectivity index (χ1n) is 9.59. The highest BCUT2D eigenvalue weighted by atomic mass is 32.2. The maximum Gasteiger partial charge on any atom is 0.417 e. The van der Waals surface area contributed by atoms with E-state index in [2.05, 4.69) is 5.32 Å². The van der Waals surface area contributed by atoms with Gasteiger partial charge in [0, 0.05) is 17.4 Å². The molecule has 2 amide bonds. The van der Waals surface area contributed by atoms with Crippen molar-refractivity contribution < 1.29 is 31.5 Å². The van der Waals surface area contributed by atoms with E-state index >= 15 is 0 Å². The van der Waals surface area contributed by atoms with Crippen LogP contribution in [0.1, 0.15) is 27.0 Å².